The average Bonchev–Trinajstić information content (AvgIpc) is 3.16. The van der Waals surface area contributed by atoms with Gasteiger partial charge in [-0.15, -0.1) is 0 Å². The van der Waals surface area contributed by atoms with Crippen LogP contribution in [-0.2, 0) is 0 Å². The maximum Gasteiger partial charge on any atom is 0.119 e. The van der Waals surface area contributed by atoms with E-state index < -0.39 is 5.60 Å². The first-order valence-corrected chi connectivity index (χ1v) is 10.8. The third-order valence-corrected chi connectivity index (χ3v) is 7.00. The number of rotatable bonds is 6. The Morgan fingerprint density at radius 2 is 1.86 bits per heavy atom. The summed E-state index contributed by atoms with van der Waals surface area (Å²) in [4.78, 5) is 7.42. The second kappa shape index (κ2) is 8.57. The molecule has 0 bridgehead atoms. The molecule has 2 atom stereocenters. The highest BCUT2D eigenvalue weighted by molar-refractivity contribution is 5.49. The molecule has 28 heavy (non-hydrogen) atoms. The smallest absolute Gasteiger partial charge is 0.119 e. The van der Waals surface area contributed by atoms with E-state index in [-0.39, 0.29) is 6.61 Å². The van der Waals surface area contributed by atoms with Gasteiger partial charge in [-0.2, -0.15) is 0 Å². The zero-order valence-electron chi connectivity index (χ0n) is 17.1. The molecule has 3 fully saturated rings. The number of hydrogen-bond acceptors (Lipinski definition) is 6. The highest BCUT2D eigenvalue weighted by atomic mass is 16.5. The predicted molar refractivity (Wildman–Crippen MR) is 111 cm³/mol. The van der Waals surface area contributed by atoms with Gasteiger partial charge in [-0.1, -0.05) is 0 Å². The fraction of sp³-hybridized carbons (Fsp3) is 0.727. The van der Waals surface area contributed by atoms with Gasteiger partial charge in [-0.25, -0.2) is 0 Å². The van der Waals surface area contributed by atoms with Gasteiger partial charge in [0.1, 0.15) is 5.75 Å². The molecule has 0 saturated carbocycles. The molecule has 3 aliphatic heterocycles. The van der Waals surface area contributed by atoms with Crippen LogP contribution in [0.15, 0.2) is 24.3 Å². The lowest BCUT2D eigenvalue weighted by atomic mass is 9.89. The molecule has 0 amide bonds. The van der Waals surface area contributed by atoms with Crippen LogP contribution in [-0.4, -0.2) is 90.7 Å². The predicted octanol–water partition coefficient (Wildman–Crippen LogP) is 1.56. The molecule has 1 aromatic rings. The average molecular weight is 390 g/mol. The van der Waals surface area contributed by atoms with Gasteiger partial charge in [0.25, 0.3) is 0 Å². The number of β-amino-alcohol motifs (C(OH)–C–C–N with tert-alkyl or cyclic N) is 1. The van der Waals surface area contributed by atoms with E-state index in [1.165, 1.54) is 25.1 Å². The molecular formula is C22H35N3O3. The van der Waals surface area contributed by atoms with E-state index in [1.54, 1.807) is 7.11 Å². The summed E-state index contributed by atoms with van der Waals surface area (Å²) in [6.45, 7) is 5.98. The van der Waals surface area contributed by atoms with E-state index in [9.17, 15) is 10.2 Å². The molecule has 0 radical (unpaired) electrons. The Hall–Kier alpha value is -1.34. The molecule has 3 saturated heterocycles. The minimum atomic E-state index is -0.628. The van der Waals surface area contributed by atoms with Crippen LogP contribution in [0.5, 0.6) is 5.75 Å². The van der Waals surface area contributed by atoms with Gasteiger partial charge in [0, 0.05) is 57.1 Å². The number of methoxy groups -OCH3 is 1. The highest BCUT2D eigenvalue weighted by Gasteiger charge is 2.41. The number of piperazine rings is 1. The number of nitrogens with zero attached hydrogens (tertiary/aromatic N) is 3. The summed E-state index contributed by atoms with van der Waals surface area (Å²) in [5.41, 5.74) is 0.567. The first-order chi connectivity index (χ1) is 13.6. The molecule has 2 N–H and O–H groups in total. The van der Waals surface area contributed by atoms with Crippen LogP contribution in [0.2, 0.25) is 0 Å². The third kappa shape index (κ3) is 4.30. The summed E-state index contributed by atoms with van der Waals surface area (Å²) >= 11 is 0. The zero-order chi connectivity index (χ0) is 19.6. The van der Waals surface area contributed by atoms with Crippen LogP contribution in [0.4, 0.5) is 5.69 Å². The van der Waals surface area contributed by atoms with Crippen molar-refractivity contribution in [2.75, 3.05) is 57.9 Å². The minimum absolute atomic E-state index is 0.226. The summed E-state index contributed by atoms with van der Waals surface area (Å²) in [5, 5.41) is 20.9. The maximum absolute atomic E-state index is 11.3. The first kappa shape index (κ1) is 20.0. The summed E-state index contributed by atoms with van der Waals surface area (Å²) in [7, 11) is 1.69. The molecule has 6 nitrogen and oxygen atoms in total. The molecule has 6 heteroatoms. The van der Waals surface area contributed by atoms with Crippen molar-refractivity contribution in [1.29, 1.82) is 0 Å². The van der Waals surface area contributed by atoms with E-state index in [4.69, 9.17) is 4.74 Å². The number of aliphatic hydroxyl groups is 2. The number of piperidine rings is 1. The number of hydrogen-bond donors (Lipinski definition) is 2. The number of ether oxygens (including phenoxy) is 1. The van der Waals surface area contributed by atoms with Gasteiger partial charge < -0.3 is 19.8 Å². The van der Waals surface area contributed by atoms with E-state index in [0.717, 1.165) is 57.7 Å². The SMILES string of the molecule is COc1ccc(N2CCC(O)(CN3C[C@@H]4CCCN4C[C@H]3CCO)CC2)cc1. The Kier molecular flexibility index (Phi) is 6.11. The Morgan fingerprint density at radius 1 is 1.11 bits per heavy atom. The van der Waals surface area contributed by atoms with Crippen molar-refractivity contribution < 1.29 is 14.9 Å². The second-order valence-electron chi connectivity index (χ2n) is 8.80. The maximum atomic E-state index is 11.3. The fourth-order valence-electron chi connectivity index (χ4n) is 5.28. The molecule has 0 spiro atoms. The molecule has 4 rings (SSSR count). The van der Waals surface area contributed by atoms with Gasteiger partial charge in [0.15, 0.2) is 0 Å². The van der Waals surface area contributed by atoms with Crippen LogP contribution in [0, 0.1) is 0 Å². The minimum Gasteiger partial charge on any atom is -0.497 e. The van der Waals surface area contributed by atoms with Crippen LogP contribution >= 0.6 is 0 Å². The number of fused-ring (bicyclic) bond motifs is 1. The second-order valence-corrected chi connectivity index (χ2v) is 8.80. The molecule has 0 unspecified atom stereocenters. The first-order valence-electron chi connectivity index (χ1n) is 10.8. The molecule has 156 valence electrons. The number of benzene rings is 1. The Morgan fingerprint density at radius 3 is 2.54 bits per heavy atom. The van der Waals surface area contributed by atoms with Gasteiger partial charge in [-0.3, -0.25) is 9.80 Å². The molecular weight excluding hydrogens is 354 g/mol. The quantitative estimate of drug-likeness (QED) is 0.770. The molecule has 3 heterocycles. The molecule has 1 aromatic carbocycles. The van der Waals surface area contributed by atoms with Crippen LogP contribution in [0.3, 0.4) is 0 Å². The summed E-state index contributed by atoms with van der Waals surface area (Å²) in [6, 6.07) is 9.19. The summed E-state index contributed by atoms with van der Waals surface area (Å²) in [5.74, 6) is 0.873. The highest BCUT2D eigenvalue weighted by Crippen LogP contribution is 2.32. The fourth-order valence-corrected chi connectivity index (χ4v) is 5.28. The van der Waals surface area contributed by atoms with E-state index in [1.807, 2.05) is 12.1 Å². The molecule has 0 aliphatic carbocycles. The van der Waals surface area contributed by atoms with Crippen molar-refractivity contribution in [3.05, 3.63) is 24.3 Å². The van der Waals surface area contributed by atoms with E-state index >= 15 is 0 Å². The summed E-state index contributed by atoms with van der Waals surface area (Å²) in [6.07, 6.45) is 4.93. The van der Waals surface area contributed by atoms with Crippen LogP contribution in [0.1, 0.15) is 32.1 Å². The van der Waals surface area contributed by atoms with Crippen LogP contribution in [0.25, 0.3) is 0 Å². The van der Waals surface area contributed by atoms with Crippen LogP contribution < -0.4 is 9.64 Å². The van der Waals surface area contributed by atoms with E-state index in [0.29, 0.717) is 12.1 Å². The Labute approximate surface area is 168 Å². The van der Waals surface area contributed by atoms with Crippen molar-refractivity contribution in [3.8, 4) is 5.75 Å². The lowest BCUT2D eigenvalue weighted by Crippen LogP contribution is -2.61. The van der Waals surface area contributed by atoms with Crippen molar-refractivity contribution in [1.82, 2.24) is 9.80 Å². The van der Waals surface area contributed by atoms with E-state index in [2.05, 4.69) is 26.8 Å². The third-order valence-electron chi connectivity index (χ3n) is 7.00. The summed E-state index contributed by atoms with van der Waals surface area (Å²) < 4.78 is 5.25. The van der Waals surface area contributed by atoms with Gasteiger partial charge in [-0.05, 0) is 62.9 Å². The zero-order valence-corrected chi connectivity index (χ0v) is 17.1. The Balaban J connectivity index is 1.36. The number of aliphatic hydroxyl groups excluding tert-OH is 1. The van der Waals surface area contributed by atoms with Crippen molar-refractivity contribution in [2.45, 2.75) is 49.8 Å². The monoisotopic (exact) mass is 389 g/mol. The largest absolute Gasteiger partial charge is 0.497 e. The topological polar surface area (TPSA) is 59.4 Å². The van der Waals surface area contributed by atoms with Gasteiger partial charge in [0.2, 0.25) is 0 Å². The van der Waals surface area contributed by atoms with Crippen molar-refractivity contribution in [3.63, 3.8) is 0 Å². The number of anilines is 1. The molecule has 0 aromatic heterocycles. The standard InChI is InChI=1S/C22H35N3O3/c1-28-21-6-4-18(5-7-21)23-12-9-22(27,10-13-23)17-25-16-19-3-2-11-24(19)15-20(25)8-14-26/h4-7,19-20,26-27H,2-3,8-17H2,1H3/t19-,20+/m0/s1. The van der Waals surface area contributed by atoms with Crippen molar-refractivity contribution in [2.24, 2.45) is 0 Å². The lowest BCUT2D eigenvalue weighted by molar-refractivity contribution is -0.0537. The Bertz CT molecular complexity index is 630. The lowest BCUT2D eigenvalue weighted by Gasteiger charge is -2.48. The normalized spacial score (nSPS) is 28.3. The van der Waals surface area contributed by atoms with Crippen molar-refractivity contribution >= 4 is 5.69 Å². The van der Waals surface area contributed by atoms with Gasteiger partial charge >= 0.3 is 0 Å². The van der Waals surface area contributed by atoms with Gasteiger partial charge in [0.05, 0.1) is 12.7 Å². The molecule has 3 aliphatic rings.